The zero-order valence-electron chi connectivity index (χ0n) is 23.5. The molecule has 3 aromatic heterocycles. The Kier molecular flexibility index (Phi) is 8.25. The monoisotopic (exact) mass is 570 g/mol. The molecular formula is C29H34N10O3. The Hall–Kier alpha value is -4.54. The van der Waals surface area contributed by atoms with Crippen LogP contribution in [0.15, 0.2) is 49.4 Å². The van der Waals surface area contributed by atoms with E-state index < -0.39 is 0 Å². The number of rotatable bonds is 9. The van der Waals surface area contributed by atoms with Crippen molar-refractivity contribution in [3.63, 3.8) is 0 Å². The Balaban J connectivity index is 1.08. The van der Waals surface area contributed by atoms with Crippen LogP contribution in [0.25, 0.3) is 11.1 Å². The Labute approximate surface area is 243 Å². The Morgan fingerprint density at radius 3 is 2.60 bits per heavy atom. The summed E-state index contributed by atoms with van der Waals surface area (Å²) in [7, 11) is 0. The number of ether oxygens (including phenoxy) is 2. The maximum atomic E-state index is 10.5. The van der Waals surface area contributed by atoms with E-state index >= 15 is 0 Å². The molecular weight excluding hydrogens is 536 g/mol. The Morgan fingerprint density at radius 1 is 1.12 bits per heavy atom. The molecule has 0 spiro atoms. The maximum absolute atomic E-state index is 10.5. The summed E-state index contributed by atoms with van der Waals surface area (Å²) < 4.78 is 15.1. The number of hydrogen-bond donors (Lipinski definition) is 2. The van der Waals surface area contributed by atoms with E-state index in [0.29, 0.717) is 35.5 Å². The van der Waals surface area contributed by atoms with Crippen LogP contribution >= 0.6 is 0 Å². The van der Waals surface area contributed by atoms with Gasteiger partial charge in [-0.3, -0.25) is 9.58 Å². The van der Waals surface area contributed by atoms with Crippen LogP contribution in [0, 0.1) is 11.3 Å². The molecule has 2 aliphatic rings. The van der Waals surface area contributed by atoms with Crippen LogP contribution in [-0.4, -0.2) is 83.0 Å². The SMILES string of the molecule is C[C@@H](Cn1cncn1)Oc1cc(-c2cnc(Nc3cn([C@H]4CC[C@H](N5CCOCC5)CC4)nc3O)nc2)ccc1C#N. The zero-order chi connectivity index (χ0) is 28.9. The molecule has 2 N–H and O–H groups in total. The second kappa shape index (κ2) is 12.5. The molecule has 0 unspecified atom stereocenters. The van der Waals surface area contributed by atoms with Gasteiger partial charge in [-0.1, -0.05) is 6.07 Å². The number of nitriles is 1. The van der Waals surface area contributed by atoms with Crippen molar-refractivity contribution < 1.29 is 14.6 Å². The highest BCUT2D eigenvalue weighted by atomic mass is 16.5. The van der Waals surface area contributed by atoms with Crippen molar-refractivity contribution in [2.45, 2.75) is 57.3 Å². The van der Waals surface area contributed by atoms with Crippen LogP contribution in [0.3, 0.4) is 0 Å². The number of benzene rings is 1. The van der Waals surface area contributed by atoms with Gasteiger partial charge in [0, 0.05) is 37.1 Å². The second-order valence-corrected chi connectivity index (χ2v) is 10.7. The molecule has 1 atom stereocenters. The van der Waals surface area contributed by atoms with Crippen molar-refractivity contribution in [1.82, 2.24) is 39.4 Å². The molecule has 4 heterocycles. The van der Waals surface area contributed by atoms with E-state index in [1.165, 1.54) is 6.33 Å². The van der Waals surface area contributed by atoms with Gasteiger partial charge < -0.3 is 19.9 Å². The van der Waals surface area contributed by atoms with Crippen molar-refractivity contribution in [2.24, 2.45) is 0 Å². The fraction of sp³-hybridized carbons (Fsp3) is 0.448. The minimum atomic E-state index is -0.231. The minimum absolute atomic E-state index is 0.0770. The normalized spacial score (nSPS) is 20.1. The lowest BCUT2D eigenvalue weighted by Gasteiger charge is -2.38. The van der Waals surface area contributed by atoms with E-state index in [1.807, 2.05) is 29.9 Å². The molecule has 6 rings (SSSR count). The molecule has 1 aromatic carbocycles. The van der Waals surface area contributed by atoms with Gasteiger partial charge in [0.2, 0.25) is 5.95 Å². The largest absolute Gasteiger partial charge is 0.491 e. The van der Waals surface area contributed by atoms with Gasteiger partial charge in [0.05, 0.1) is 37.6 Å². The summed E-state index contributed by atoms with van der Waals surface area (Å²) in [6, 6.07) is 8.40. The number of anilines is 2. The quantitative estimate of drug-likeness (QED) is 0.304. The van der Waals surface area contributed by atoms with Crippen molar-refractivity contribution in [2.75, 3.05) is 31.6 Å². The van der Waals surface area contributed by atoms with Crippen molar-refractivity contribution >= 4 is 11.6 Å². The highest BCUT2D eigenvalue weighted by molar-refractivity contribution is 5.67. The molecule has 1 saturated heterocycles. The highest BCUT2D eigenvalue weighted by Gasteiger charge is 2.28. The van der Waals surface area contributed by atoms with Gasteiger partial charge in [0.15, 0.2) is 0 Å². The summed E-state index contributed by atoms with van der Waals surface area (Å²) in [5, 5.41) is 31.7. The molecule has 13 heteroatoms. The third-order valence-corrected chi connectivity index (χ3v) is 7.89. The van der Waals surface area contributed by atoms with Gasteiger partial charge >= 0.3 is 0 Å². The molecule has 1 aliphatic carbocycles. The molecule has 0 bridgehead atoms. The molecule has 0 amide bonds. The fourth-order valence-corrected chi connectivity index (χ4v) is 5.69. The predicted molar refractivity (Wildman–Crippen MR) is 153 cm³/mol. The molecule has 42 heavy (non-hydrogen) atoms. The minimum Gasteiger partial charge on any atom is -0.491 e. The topological polar surface area (TPSA) is 152 Å². The van der Waals surface area contributed by atoms with Gasteiger partial charge in [-0.25, -0.2) is 19.6 Å². The van der Waals surface area contributed by atoms with Gasteiger partial charge in [0.25, 0.3) is 5.88 Å². The first-order chi connectivity index (χ1) is 20.6. The van der Waals surface area contributed by atoms with Gasteiger partial charge in [0.1, 0.15) is 36.3 Å². The highest BCUT2D eigenvalue weighted by Crippen LogP contribution is 2.34. The van der Waals surface area contributed by atoms with Crippen LogP contribution in [0.5, 0.6) is 11.6 Å². The first-order valence-electron chi connectivity index (χ1n) is 14.3. The maximum Gasteiger partial charge on any atom is 0.254 e. The molecule has 1 aliphatic heterocycles. The molecule has 218 valence electrons. The van der Waals surface area contributed by atoms with E-state index in [9.17, 15) is 10.4 Å². The lowest BCUT2D eigenvalue weighted by Crippen LogP contribution is -2.45. The van der Waals surface area contributed by atoms with E-state index in [-0.39, 0.29) is 18.0 Å². The van der Waals surface area contributed by atoms with Crippen LogP contribution in [-0.2, 0) is 11.3 Å². The predicted octanol–water partition coefficient (Wildman–Crippen LogP) is 3.54. The number of nitrogens with zero attached hydrogens (tertiary/aromatic N) is 9. The first kappa shape index (κ1) is 27.6. The lowest BCUT2D eigenvalue weighted by atomic mass is 9.90. The summed E-state index contributed by atoms with van der Waals surface area (Å²) >= 11 is 0. The molecule has 2 fully saturated rings. The summed E-state index contributed by atoms with van der Waals surface area (Å²) in [5.74, 6) is 0.740. The standard InChI is InChI=1S/C29H34N10O3/c1-20(16-38-19-31-18-34-38)42-27-12-21(2-3-22(27)13-30)23-14-32-29(33-15-23)35-26-17-39(36-28(26)40)25-6-4-24(5-7-25)37-8-10-41-11-9-37/h2-3,12,14-15,17-20,24-25H,4-11,16H2,1H3,(H,36,40)(H,32,33,35)/t20-,24-,25-/m0/s1. The van der Waals surface area contributed by atoms with E-state index in [1.54, 1.807) is 29.5 Å². The van der Waals surface area contributed by atoms with E-state index in [4.69, 9.17) is 9.47 Å². The van der Waals surface area contributed by atoms with Gasteiger partial charge in [-0.15, -0.1) is 5.10 Å². The zero-order valence-corrected chi connectivity index (χ0v) is 23.5. The smallest absolute Gasteiger partial charge is 0.254 e. The third-order valence-electron chi connectivity index (χ3n) is 7.89. The molecule has 4 aromatic rings. The Morgan fingerprint density at radius 2 is 1.88 bits per heavy atom. The summed E-state index contributed by atoms with van der Waals surface area (Å²) in [6.07, 6.45) is 12.3. The van der Waals surface area contributed by atoms with Crippen LogP contribution < -0.4 is 10.1 Å². The second-order valence-electron chi connectivity index (χ2n) is 10.7. The molecule has 13 nitrogen and oxygen atoms in total. The summed E-state index contributed by atoms with van der Waals surface area (Å²) in [4.78, 5) is 15.4. The van der Waals surface area contributed by atoms with Crippen molar-refractivity contribution in [3.8, 4) is 28.8 Å². The summed E-state index contributed by atoms with van der Waals surface area (Å²) in [5.41, 5.74) is 2.47. The number of aromatic nitrogens is 7. The van der Waals surface area contributed by atoms with Crippen LogP contribution in [0.4, 0.5) is 11.6 Å². The number of nitrogens with one attached hydrogen (secondary N) is 1. The lowest BCUT2D eigenvalue weighted by molar-refractivity contribution is 0.00503. The van der Waals surface area contributed by atoms with Gasteiger partial charge in [-0.05, 0) is 50.3 Å². The average Bonchev–Trinajstić information content (AvgIpc) is 3.67. The number of morpholine rings is 1. The third kappa shape index (κ3) is 6.35. The molecule has 1 saturated carbocycles. The molecule has 0 radical (unpaired) electrons. The van der Waals surface area contributed by atoms with Gasteiger partial charge in [-0.2, -0.15) is 10.4 Å². The Bertz CT molecular complexity index is 1500. The van der Waals surface area contributed by atoms with E-state index in [2.05, 4.69) is 41.4 Å². The van der Waals surface area contributed by atoms with Crippen molar-refractivity contribution in [1.29, 1.82) is 5.26 Å². The number of hydrogen-bond acceptors (Lipinski definition) is 11. The average molecular weight is 571 g/mol. The van der Waals surface area contributed by atoms with E-state index in [0.717, 1.165) is 63.1 Å². The first-order valence-corrected chi connectivity index (χ1v) is 14.3. The summed E-state index contributed by atoms with van der Waals surface area (Å²) in [6.45, 7) is 6.06. The van der Waals surface area contributed by atoms with Crippen LogP contribution in [0.1, 0.15) is 44.2 Å². The number of aromatic hydroxyl groups is 1. The fourth-order valence-electron chi connectivity index (χ4n) is 5.69. The van der Waals surface area contributed by atoms with Crippen molar-refractivity contribution in [3.05, 3.63) is 55.0 Å². The van der Waals surface area contributed by atoms with Crippen LogP contribution in [0.2, 0.25) is 0 Å².